The lowest BCUT2D eigenvalue weighted by molar-refractivity contribution is 0.0228. The van der Waals surface area contributed by atoms with Crippen molar-refractivity contribution in [2.75, 3.05) is 20.1 Å². The van der Waals surface area contributed by atoms with Crippen molar-refractivity contribution in [1.82, 2.24) is 15.5 Å². The minimum Gasteiger partial charge on any atom is -0.444 e. The van der Waals surface area contributed by atoms with E-state index in [9.17, 15) is 4.79 Å². The molecule has 2 N–H and O–H groups in total. The molecule has 5 nitrogen and oxygen atoms in total. The highest BCUT2D eigenvalue weighted by Crippen LogP contribution is 2.20. The molecule has 0 saturated carbocycles. The van der Waals surface area contributed by atoms with Gasteiger partial charge < -0.3 is 20.3 Å². The predicted molar refractivity (Wildman–Crippen MR) is 79.9 cm³/mol. The first-order chi connectivity index (χ1) is 9.37. The Bertz CT molecular complexity index is 404. The standard InChI is InChI=1S/C15H25N3O2/c1-6-12(10-16-5)17-11-13-8-7-9-18(13)14(19)20-15(2,3)4/h1,10,13,16-17H,7-9,11H2,2-5H3/b12-10-. The average Bonchev–Trinajstić information content (AvgIpc) is 2.80. The van der Waals surface area contributed by atoms with Gasteiger partial charge in [-0.3, -0.25) is 0 Å². The van der Waals surface area contributed by atoms with E-state index < -0.39 is 5.60 Å². The van der Waals surface area contributed by atoms with Crippen molar-refractivity contribution in [2.45, 2.75) is 45.3 Å². The number of carbonyl (C=O) groups excluding carboxylic acids is 1. The third-order valence-corrected chi connectivity index (χ3v) is 2.98. The number of allylic oxidation sites excluding steroid dienone is 1. The van der Waals surface area contributed by atoms with Crippen LogP contribution in [0.2, 0.25) is 0 Å². The van der Waals surface area contributed by atoms with E-state index in [2.05, 4.69) is 16.6 Å². The summed E-state index contributed by atoms with van der Waals surface area (Å²) >= 11 is 0. The van der Waals surface area contributed by atoms with E-state index >= 15 is 0 Å². The van der Waals surface area contributed by atoms with Gasteiger partial charge in [-0.05, 0) is 33.6 Å². The molecule has 112 valence electrons. The molecule has 0 aliphatic carbocycles. The molecule has 1 amide bonds. The zero-order valence-corrected chi connectivity index (χ0v) is 12.8. The largest absolute Gasteiger partial charge is 0.444 e. The molecule has 1 heterocycles. The minimum absolute atomic E-state index is 0.124. The Balaban J connectivity index is 2.55. The van der Waals surface area contributed by atoms with Gasteiger partial charge in [-0.1, -0.05) is 5.92 Å². The van der Waals surface area contributed by atoms with Gasteiger partial charge in [0.15, 0.2) is 0 Å². The number of terminal acetylenes is 1. The molecule has 0 radical (unpaired) electrons. The SMILES string of the molecule is C#C/C(=C/NC)NCC1CCCN1C(=O)OC(C)(C)C. The number of hydrogen-bond donors (Lipinski definition) is 2. The molecule has 0 aromatic heterocycles. The van der Waals surface area contributed by atoms with Crippen LogP contribution >= 0.6 is 0 Å². The third kappa shape index (κ3) is 5.04. The van der Waals surface area contributed by atoms with Crippen molar-refractivity contribution in [3.63, 3.8) is 0 Å². The first kappa shape index (κ1) is 16.2. The summed E-state index contributed by atoms with van der Waals surface area (Å²) in [5.41, 5.74) is 0.219. The number of nitrogens with one attached hydrogen (secondary N) is 2. The number of nitrogens with zero attached hydrogens (tertiary/aromatic N) is 1. The van der Waals surface area contributed by atoms with Gasteiger partial charge in [-0.25, -0.2) is 4.79 Å². The molecule has 0 bridgehead atoms. The summed E-state index contributed by atoms with van der Waals surface area (Å²) in [7, 11) is 1.79. The Morgan fingerprint density at radius 3 is 2.80 bits per heavy atom. The summed E-state index contributed by atoms with van der Waals surface area (Å²) in [6.45, 7) is 7.00. The quantitative estimate of drug-likeness (QED) is 0.769. The van der Waals surface area contributed by atoms with Gasteiger partial charge in [0.25, 0.3) is 0 Å². The number of ether oxygens (including phenoxy) is 1. The molecule has 5 heteroatoms. The van der Waals surface area contributed by atoms with Gasteiger partial charge >= 0.3 is 6.09 Å². The second-order valence-corrected chi connectivity index (χ2v) is 5.84. The second kappa shape index (κ2) is 7.09. The van der Waals surface area contributed by atoms with Crippen molar-refractivity contribution in [3.05, 3.63) is 11.9 Å². The minimum atomic E-state index is -0.465. The molecule has 0 aromatic rings. The Labute approximate surface area is 121 Å². The summed E-state index contributed by atoms with van der Waals surface area (Å²) in [6, 6.07) is 0.124. The Morgan fingerprint density at radius 1 is 1.55 bits per heavy atom. The Morgan fingerprint density at radius 2 is 2.25 bits per heavy atom. The molecule has 20 heavy (non-hydrogen) atoms. The van der Waals surface area contributed by atoms with Crippen LogP contribution in [0.15, 0.2) is 11.9 Å². The fourth-order valence-electron chi connectivity index (χ4n) is 2.12. The molecule has 0 aromatic carbocycles. The molecular weight excluding hydrogens is 254 g/mol. The second-order valence-electron chi connectivity index (χ2n) is 5.84. The fourth-order valence-corrected chi connectivity index (χ4v) is 2.12. The molecular formula is C15H25N3O2. The first-order valence-corrected chi connectivity index (χ1v) is 6.95. The molecule has 1 aliphatic rings. The van der Waals surface area contributed by atoms with Crippen molar-refractivity contribution < 1.29 is 9.53 Å². The van der Waals surface area contributed by atoms with Crippen LogP contribution in [-0.4, -0.2) is 42.8 Å². The normalized spacial score (nSPS) is 19.4. The highest BCUT2D eigenvalue weighted by atomic mass is 16.6. The van der Waals surface area contributed by atoms with Crippen molar-refractivity contribution >= 4 is 6.09 Å². The summed E-state index contributed by atoms with van der Waals surface area (Å²) in [4.78, 5) is 13.9. The Kier molecular flexibility index (Phi) is 5.75. The molecule has 1 atom stereocenters. The fraction of sp³-hybridized carbons (Fsp3) is 0.667. The maximum atomic E-state index is 12.1. The lowest BCUT2D eigenvalue weighted by Gasteiger charge is -2.28. The van der Waals surface area contributed by atoms with Crippen LogP contribution in [-0.2, 0) is 4.74 Å². The molecule has 0 spiro atoms. The summed E-state index contributed by atoms with van der Waals surface area (Å²) < 4.78 is 5.42. The van der Waals surface area contributed by atoms with E-state index in [-0.39, 0.29) is 12.1 Å². The van der Waals surface area contributed by atoms with Crippen molar-refractivity contribution in [2.24, 2.45) is 0 Å². The van der Waals surface area contributed by atoms with E-state index in [1.165, 1.54) is 0 Å². The number of hydrogen-bond acceptors (Lipinski definition) is 4. The van der Waals surface area contributed by atoms with Crippen LogP contribution in [0.25, 0.3) is 0 Å². The van der Waals surface area contributed by atoms with Gasteiger partial charge in [0.2, 0.25) is 0 Å². The third-order valence-electron chi connectivity index (χ3n) is 2.98. The lowest BCUT2D eigenvalue weighted by atomic mass is 10.2. The number of amides is 1. The summed E-state index contributed by atoms with van der Waals surface area (Å²) in [5.74, 6) is 2.56. The number of carbonyl (C=O) groups is 1. The highest BCUT2D eigenvalue weighted by molar-refractivity contribution is 5.69. The average molecular weight is 279 g/mol. The smallest absolute Gasteiger partial charge is 0.410 e. The molecule has 1 aliphatic heterocycles. The Hall–Kier alpha value is -1.83. The van der Waals surface area contributed by atoms with E-state index in [1.54, 1.807) is 18.1 Å². The van der Waals surface area contributed by atoms with E-state index in [0.717, 1.165) is 19.4 Å². The summed E-state index contributed by atoms with van der Waals surface area (Å²) in [5, 5.41) is 6.06. The van der Waals surface area contributed by atoms with Gasteiger partial charge in [0, 0.05) is 26.3 Å². The topological polar surface area (TPSA) is 53.6 Å². The van der Waals surface area contributed by atoms with Crippen LogP contribution in [0.3, 0.4) is 0 Å². The summed E-state index contributed by atoms with van der Waals surface area (Å²) in [6.07, 6.45) is 8.83. The van der Waals surface area contributed by atoms with Crippen LogP contribution in [0.5, 0.6) is 0 Å². The van der Waals surface area contributed by atoms with Crippen LogP contribution in [0.1, 0.15) is 33.6 Å². The molecule has 1 saturated heterocycles. The lowest BCUT2D eigenvalue weighted by Crippen LogP contribution is -2.44. The monoisotopic (exact) mass is 279 g/mol. The van der Waals surface area contributed by atoms with E-state index in [0.29, 0.717) is 12.2 Å². The van der Waals surface area contributed by atoms with Crippen LogP contribution < -0.4 is 10.6 Å². The van der Waals surface area contributed by atoms with Crippen LogP contribution in [0.4, 0.5) is 4.79 Å². The number of likely N-dealkylation sites (tertiary alicyclic amines) is 1. The van der Waals surface area contributed by atoms with Gasteiger partial charge in [0.05, 0.1) is 6.04 Å². The van der Waals surface area contributed by atoms with Gasteiger partial charge in [0.1, 0.15) is 11.3 Å². The van der Waals surface area contributed by atoms with E-state index in [4.69, 9.17) is 11.2 Å². The zero-order valence-electron chi connectivity index (χ0n) is 12.8. The number of rotatable bonds is 4. The molecule has 1 unspecified atom stereocenters. The van der Waals surface area contributed by atoms with Gasteiger partial charge in [-0.2, -0.15) is 0 Å². The predicted octanol–water partition coefficient (Wildman–Crippen LogP) is 1.67. The van der Waals surface area contributed by atoms with Gasteiger partial charge in [-0.15, -0.1) is 6.42 Å². The maximum Gasteiger partial charge on any atom is 0.410 e. The molecule has 1 rings (SSSR count). The maximum absolute atomic E-state index is 12.1. The van der Waals surface area contributed by atoms with Crippen molar-refractivity contribution in [1.29, 1.82) is 0 Å². The first-order valence-electron chi connectivity index (χ1n) is 6.95. The molecule has 1 fully saturated rings. The highest BCUT2D eigenvalue weighted by Gasteiger charge is 2.31. The zero-order chi connectivity index (χ0) is 15.2. The van der Waals surface area contributed by atoms with Crippen molar-refractivity contribution in [3.8, 4) is 12.3 Å². The van der Waals surface area contributed by atoms with E-state index in [1.807, 2.05) is 20.8 Å². The van der Waals surface area contributed by atoms with Crippen LogP contribution in [0, 0.1) is 12.3 Å².